The van der Waals surface area contributed by atoms with E-state index in [2.05, 4.69) is 62.3 Å². The van der Waals surface area contributed by atoms with Crippen molar-refractivity contribution in [2.45, 2.75) is 64.5 Å². The highest BCUT2D eigenvalue weighted by Crippen LogP contribution is 2.47. The molecule has 5 nitrogen and oxygen atoms in total. The van der Waals surface area contributed by atoms with E-state index in [1.165, 1.54) is 17.3 Å². The number of nitrogens with zero attached hydrogens (tertiary/aromatic N) is 1. The van der Waals surface area contributed by atoms with Crippen LogP contribution in [-0.2, 0) is 4.79 Å². The van der Waals surface area contributed by atoms with Crippen LogP contribution in [0, 0.1) is 5.41 Å². The molecule has 158 valence electrons. The fraction of sp³-hybridized carbons (Fsp3) is 0.458. The number of H-pyrrole nitrogens is 1. The lowest BCUT2D eigenvalue weighted by Crippen LogP contribution is -2.37. The number of carbonyl (C=O) groups is 1. The summed E-state index contributed by atoms with van der Waals surface area (Å²) in [5.74, 6) is 1.55. The molecule has 2 heterocycles. The number of aromatic nitrogens is 2. The molecule has 0 spiro atoms. The first kappa shape index (κ1) is 20.9. The molecule has 1 aliphatic heterocycles. The van der Waals surface area contributed by atoms with Crippen molar-refractivity contribution in [3.05, 3.63) is 62.6 Å². The summed E-state index contributed by atoms with van der Waals surface area (Å²) in [7, 11) is 0. The Morgan fingerprint density at radius 1 is 1.17 bits per heavy atom. The minimum absolute atomic E-state index is 0.115. The van der Waals surface area contributed by atoms with Crippen LogP contribution in [0.5, 0.6) is 0 Å². The van der Waals surface area contributed by atoms with Crippen LogP contribution in [-0.4, -0.2) is 21.5 Å². The van der Waals surface area contributed by atoms with Gasteiger partial charge in [-0.05, 0) is 34.6 Å². The van der Waals surface area contributed by atoms with E-state index in [1.807, 2.05) is 6.92 Å². The highest BCUT2D eigenvalue weighted by Gasteiger charge is 2.42. The molecule has 0 saturated heterocycles. The van der Waals surface area contributed by atoms with Crippen molar-refractivity contribution < 1.29 is 4.79 Å². The molecule has 2 N–H and O–H groups in total. The molecule has 6 heteroatoms. The zero-order chi connectivity index (χ0) is 21.6. The van der Waals surface area contributed by atoms with Crippen molar-refractivity contribution in [2.75, 3.05) is 11.1 Å². The zero-order valence-corrected chi connectivity index (χ0v) is 19.1. The number of benzene rings is 1. The second kappa shape index (κ2) is 7.73. The summed E-state index contributed by atoms with van der Waals surface area (Å²) in [5.41, 5.74) is 4.08. The van der Waals surface area contributed by atoms with Gasteiger partial charge in [0, 0.05) is 23.6 Å². The molecule has 0 fully saturated rings. The molecule has 1 atom stereocenters. The molecule has 1 aromatic heterocycles. The molecule has 2 aromatic rings. The Bertz CT molecular complexity index is 1080. The van der Waals surface area contributed by atoms with Crippen LogP contribution >= 0.6 is 11.8 Å². The second-order valence-electron chi connectivity index (χ2n) is 9.28. The third-order valence-corrected chi connectivity index (χ3v) is 6.67. The average molecular weight is 424 g/mol. The lowest BCUT2D eigenvalue weighted by atomic mass is 9.69. The van der Waals surface area contributed by atoms with E-state index in [4.69, 9.17) is 4.98 Å². The van der Waals surface area contributed by atoms with Crippen LogP contribution in [0.2, 0.25) is 0 Å². The van der Waals surface area contributed by atoms with Crippen LogP contribution in [0.25, 0.3) is 0 Å². The first-order valence-electron chi connectivity index (χ1n) is 10.6. The smallest absolute Gasteiger partial charge is 0.257 e. The summed E-state index contributed by atoms with van der Waals surface area (Å²) in [5, 5.41) is 3.97. The predicted molar refractivity (Wildman–Crippen MR) is 122 cm³/mol. The van der Waals surface area contributed by atoms with E-state index >= 15 is 0 Å². The number of aromatic amines is 1. The van der Waals surface area contributed by atoms with Gasteiger partial charge < -0.3 is 10.3 Å². The van der Waals surface area contributed by atoms with Gasteiger partial charge in [-0.15, -0.1) is 0 Å². The van der Waals surface area contributed by atoms with Crippen molar-refractivity contribution in [3.63, 3.8) is 0 Å². The Morgan fingerprint density at radius 2 is 1.87 bits per heavy atom. The topological polar surface area (TPSA) is 74.8 Å². The van der Waals surface area contributed by atoms with Gasteiger partial charge in [0.15, 0.2) is 10.9 Å². The minimum Gasteiger partial charge on any atom is -0.343 e. The summed E-state index contributed by atoms with van der Waals surface area (Å²) < 4.78 is 0. The maximum atomic E-state index is 13.3. The number of Topliss-reactive ketones (excluding diaryl/α,β-unsaturated/α-hetero) is 1. The van der Waals surface area contributed by atoms with Crippen molar-refractivity contribution in [1.82, 2.24) is 9.97 Å². The monoisotopic (exact) mass is 423 g/mol. The molecule has 30 heavy (non-hydrogen) atoms. The number of carbonyl (C=O) groups excluding carboxylic acids is 1. The number of hydrogen-bond donors (Lipinski definition) is 2. The van der Waals surface area contributed by atoms with Gasteiger partial charge in [-0.3, -0.25) is 9.59 Å². The van der Waals surface area contributed by atoms with Crippen molar-refractivity contribution in [3.8, 4) is 0 Å². The average Bonchev–Trinajstić information content (AvgIpc) is 2.65. The molecular formula is C24H29N3O2S. The predicted octanol–water partition coefficient (Wildman–Crippen LogP) is 5.21. The fourth-order valence-corrected chi connectivity index (χ4v) is 5.10. The first-order chi connectivity index (χ1) is 14.2. The molecular weight excluding hydrogens is 394 g/mol. The number of rotatable bonds is 4. The van der Waals surface area contributed by atoms with E-state index in [0.717, 1.165) is 29.0 Å². The van der Waals surface area contributed by atoms with Crippen molar-refractivity contribution in [1.29, 1.82) is 0 Å². The summed E-state index contributed by atoms with van der Waals surface area (Å²) in [6.45, 7) is 10.6. The third kappa shape index (κ3) is 3.73. The van der Waals surface area contributed by atoms with Gasteiger partial charge in [-0.2, -0.15) is 0 Å². The highest BCUT2D eigenvalue weighted by atomic mass is 32.2. The Hall–Kier alpha value is -2.34. The van der Waals surface area contributed by atoms with Gasteiger partial charge in [0.1, 0.15) is 5.82 Å². The van der Waals surface area contributed by atoms with Crippen LogP contribution in [0.4, 0.5) is 5.82 Å². The Labute approximate surface area is 181 Å². The fourth-order valence-electron chi connectivity index (χ4n) is 4.51. The van der Waals surface area contributed by atoms with Crippen LogP contribution in [0.3, 0.4) is 0 Å². The lowest BCUT2D eigenvalue weighted by molar-refractivity contribution is -0.118. The molecule has 1 aromatic carbocycles. The van der Waals surface area contributed by atoms with Crippen molar-refractivity contribution >= 4 is 23.4 Å². The number of hydrogen-bond acceptors (Lipinski definition) is 5. The number of thioether (sulfide) groups is 1. The van der Waals surface area contributed by atoms with Gasteiger partial charge in [0.05, 0.1) is 5.56 Å². The van der Waals surface area contributed by atoms with Gasteiger partial charge in [0.2, 0.25) is 0 Å². The summed E-state index contributed by atoms with van der Waals surface area (Å²) in [4.78, 5) is 34.0. The Kier molecular flexibility index (Phi) is 5.39. The zero-order valence-electron chi connectivity index (χ0n) is 18.3. The molecule has 0 saturated carbocycles. The number of allylic oxidation sites excluding steroid dienone is 2. The molecule has 0 radical (unpaired) electrons. The summed E-state index contributed by atoms with van der Waals surface area (Å²) in [6.07, 6.45) is 1.25. The molecule has 0 bridgehead atoms. The quantitative estimate of drug-likeness (QED) is 0.522. The first-order valence-corrected chi connectivity index (χ1v) is 11.6. The normalized spacial score (nSPS) is 20.1. The van der Waals surface area contributed by atoms with Gasteiger partial charge in [-0.25, -0.2) is 4.98 Å². The molecule has 2 aliphatic rings. The van der Waals surface area contributed by atoms with E-state index in [9.17, 15) is 9.59 Å². The summed E-state index contributed by atoms with van der Waals surface area (Å²) >= 11 is 1.50. The molecule has 1 aliphatic carbocycles. The number of fused-ring (bicyclic) bond motifs is 1. The van der Waals surface area contributed by atoms with Gasteiger partial charge >= 0.3 is 0 Å². The summed E-state index contributed by atoms with van der Waals surface area (Å²) in [6, 6.07) is 8.31. The second-order valence-corrected chi connectivity index (χ2v) is 10.5. The number of ketones is 1. The highest BCUT2D eigenvalue weighted by molar-refractivity contribution is 7.99. The van der Waals surface area contributed by atoms with Crippen molar-refractivity contribution in [2.24, 2.45) is 5.41 Å². The van der Waals surface area contributed by atoms with E-state index in [-0.39, 0.29) is 16.8 Å². The number of anilines is 1. The van der Waals surface area contributed by atoms with Crippen LogP contribution in [0.15, 0.2) is 45.5 Å². The van der Waals surface area contributed by atoms with Crippen LogP contribution in [0.1, 0.15) is 76.0 Å². The van der Waals surface area contributed by atoms with E-state index in [1.54, 1.807) is 0 Å². The maximum absolute atomic E-state index is 13.3. The largest absolute Gasteiger partial charge is 0.343 e. The molecule has 0 unspecified atom stereocenters. The molecule has 0 amide bonds. The maximum Gasteiger partial charge on any atom is 0.257 e. The Balaban J connectivity index is 1.92. The van der Waals surface area contributed by atoms with E-state index in [0.29, 0.717) is 28.9 Å². The third-order valence-electron chi connectivity index (χ3n) is 5.92. The minimum atomic E-state index is -0.391. The van der Waals surface area contributed by atoms with E-state index < -0.39 is 5.92 Å². The van der Waals surface area contributed by atoms with Gasteiger partial charge in [-0.1, -0.05) is 70.6 Å². The van der Waals surface area contributed by atoms with Gasteiger partial charge in [0.25, 0.3) is 5.56 Å². The number of nitrogens with one attached hydrogen (secondary N) is 2. The SMILES string of the molecule is CCSc1nc2c(c(=O)[nH]1)[C@H](c1ccc(C(C)C)cc1)C1=C(CC(C)(C)CC1=O)N2. The Morgan fingerprint density at radius 3 is 2.50 bits per heavy atom. The molecule has 4 rings (SSSR count). The van der Waals surface area contributed by atoms with Crippen LogP contribution < -0.4 is 10.9 Å². The lowest BCUT2D eigenvalue weighted by Gasteiger charge is -2.38. The standard InChI is InChI=1S/C24H29N3O2S/c1-6-30-23-26-21-20(22(29)27-23)18(15-9-7-14(8-10-15)13(2)3)19-16(25-21)11-24(4,5)12-17(19)28/h7-10,13,18H,6,11-12H2,1-5H3,(H2,25,26,27,29)/t18-/m1/s1.